The van der Waals surface area contributed by atoms with E-state index in [4.69, 9.17) is 5.73 Å². The minimum Gasteiger partial charge on any atom is -0.324 e. The number of nitrogens with zero attached hydrogens (tertiary/aromatic N) is 3. The summed E-state index contributed by atoms with van der Waals surface area (Å²) in [6.45, 7) is 5.59. The summed E-state index contributed by atoms with van der Waals surface area (Å²) in [5.41, 5.74) is 6.76. The Morgan fingerprint density at radius 3 is 2.58 bits per heavy atom. The summed E-state index contributed by atoms with van der Waals surface area (Å²) >= 11 is 7.03. The minimum absolute atomic E-state index is 0.397. The predicted molar refractivity (Wildman–Crippen MR) is 83.6 cm³/mol. The molecule has 0 fully saturated rings. The van der Waals surface area contributed by atoms with Gasteiger partial charge in [0.25, 0.3) is 0 Å². The molecule has 0 aliphatic carbocycles. The van der Waals surface area contributed by atoms with E-state index in [-0.39, 0.29) is 0 Å². The van der Waals surface area contributed by atoms with Crippen molar-refractivity contribution in [3.63, 3.8) is 0 Å². The van der Waals surface area contributed by atoms with Gasteiger partial charge in [-0.25, -0.2) is 0 Å². The molecule has 0 spiro atoms. The predicted octanol–water partition coefficient (Wildman–Crippen LogP) is 3.58. The monoisotopic (exact) mass is 386 g/mol. The largest absolute Gasteiger partial charge is 0.324 e. The lowest BCUT2D eigenvalue weighted by atomic mass is 10.2. The van der Waals surface area contributed by atoms with Gasteiger partial charge in [0.1, 0.15) is 5.82 Å². The molecule has 102 valence electrons. The molecule has 19 heavy (non-hydrogen) atoms. The Kier molecular flexibility index (Phi) is 4.76. The van der Waals surface area contributed by atoms with Crippen LogP contribution in [0.25, 0.3) is 11.4 Å². The van der Waals surface area contributed by atoms with Crippen molar-refractivity contribution in [2.75, 3.05) is 0 Å². The molecule has 0 radical (unpaired) electrons. The summed E-state index contributed by atoms with van der Waals surface area (Å²) in [4.78, 5) is 0. The van der Waals surface area contributed by atoms with E-state index < -0.39 is 0 Å². The van der Waals surface area contributed by atoms with Crippen molar-refractivity contribution in [3.8, 4) is 11.4 Å². The Morgan fingerprint density at radius 2 is 2.00 bits per heavy atom. The summed E-state index contributed by atoms with van der Waals surface area (Å²) in [5, 5.41) is 8.47. The van der Waals surface area contributed by atoms with Gasteiger partial charge in [-0.15, -0.1) is 10.2 Å². The molecule has 2 aromatic rings. The lowest BCUT2D eigenvalue weighted by molar-refractivity contribution is 0.510. The van der Waals surface area contributed by atoms with E-state index in [1.54, 1.807) is 0 Å². The van der Waals surface area contributed by atoms with Crippen molar-refractivity contribution in [2.45, 2.75) is 26.9 Å². The average molecular weight is 388 g/mol. The molecule has 0 saturated carbocycles. The van der Waals surface area contributed by atoms with Gasteiger partial charge >= 0.3 is 0 Å². The Bertz CT molecular complexity index is 578. The van der Waals surface area contributed by atoms with Gasteiger partial charge in [-0.3, -0.25) is 0 Å². The fourth-order valence-corrected chi connectivity index (χ4v) is 3.14. The van der Waals surface area contributed by atoms with Crippen LogP contribution in [-0.2, 0) is 13.1 Å². The van der Waals surface area contributed by atoms with Crippen LogP contribution in [0.5, 0.6) is 0 Å². The van der Waals surface area contributed by atoms with Crippen molar-refractivity contribution >= 4 is 31.9 Å². The minimum atomic E-state index is 0.397. The standard InChI is InChI=1S/C13H16Br2N4/c1-8(2)7-19-12(6-16)17-18-13(19)10-4-3-9(14)5-11(10)15/h3-5,8H,6-7,16H2,1-2H3. The fourth-order valence-electron chi connectivity index (χ4n) is 1.91. The normalized spacial score (nSPS) is 11.3. The molecule has 1 aromatic carbocycles. The molecule has 4 nitrogen and oxygen atoms in total. The first kappa shape index (κ1) is 14.7. The van der Waals surface area contributed by atoms with Crippen LogP contribution in [0.4, 0.5) is 0 Å². The zero-order valence-corrected chi connectivity index (χ0v) is 14.1. The summed E-state index contributed by atoms with van der Waals surface area (Å²) in [6.07, 6.45) is 0. The first-order valence-corrected chi connectivity index (χ1v) is 7.69. The van der Waals surface area contributed by atoms with Crippen LogP contribution in [0.2, 0.25) is 0 Å². The van der Waals surface area contributed by atoms with Gasteiger partial charge in [0.2, 0.25) is 0 Å². The second-order valence-corrected chi connectivity index (χ2v) is 6.54. The zero-order valence-electron chi connectivity index (χ0n) is 10.9. The molecule has 0 aliphatic heterocycles. The maximum atomic E-state index is 5.74. The third-order valence-corrected chi connectivity index (χ3v) is 3.88. The van der Waals surface area contributed by atoms with Crippen LogP contribution < -0.4 is 5.73 Å². The molecule has 0 atom stereocenters. The molecule has 0 unspecified atom stereocenters. The zero-order chi connectivity index (χ0) is 14.0. The number of aromatic nitrogens is 3. The molecule has 0 aliphatic rings. The Balaban J connectivity index is 2.52. The Labute approximate surface area is 129 Å². The third-order valence-electron chi connectivity index (χ3n) is 2.73. The highest BCUT2D eigenvalue weighted by atomic mass is 79.9. The van der Waals surface area contributed by atoms with E-state index in [1.807, 2.05) is 18.2 Å². The number of hydrogen-bond acceptors (Lipinski definition) is 3. The maximum absolute atomic E-state index is 5.74. The molecule has 2 rings (SSSR count). The van der Waals surface area contributed by atoms with Crippen LogP contribution in [0.3, 0.4) is 0 Å². The van der Waals surface area contributed by atoms with Gasteiger partial charge in [0, 0.05) is 21.1 Å². The van der Waals surface area contributed by atoms with Crippen LogP contribution in [-0.4, -0.2) is 14.8 Å². The first-order chi connectivity index (χ1) is 9.02. The summed E-state index contributed by atoms with van der Waals surface area (Å²) in [7, 11) is 0. The van der Waals surface area contributed by atoms with Crippen LogP contribution >= 0.6 is 31.9 Å². The van der Waals surface area contributed by atoms with Gasteiger partial charge in [-0.2, -0.15) is 0 Å². The van der Waals surface area contributed by atoms with Gasteiger partial charge in [-0.1, -0.05) is 29.8 Å². The molecule has 0 saturated heterocycles. The fraction of sp³-hybridized carbons (Fsp3) is 0.385. The lowest BCUT2D eigenvalue weighted by Crippen LogP contribution is -2.13. The quantitative estimate of drug-likeness (QED) is 0.871. The molecule has 0 bridgehead atoms. The highest BCUT2D eigenvalue weighted by Gasteiger charge is 2.16. The molecule has 2 N–H and O–H groups in total. The van der Waals surface area contributed by atoms with Crippen molar-refractivity contribution in [3.05, 3.63) is 33.0 Å². The van der Waals surface area contributed by atoms with Crippen molar-refractivity contribution in [1.29, 1.82) is 0 Å². The average Bonchev–Trinajstić information content (AvgIpc) is 2.71. The SMILES string of the molecule is CC(C)Cn1c(CN)nnc1-c1ccc(Br)cc1Br. The van der Waals surface area contributed by atoms with E-state index in [0.29, 0.717) is 12.5 Å². The van der Waals surface area contributed by atoms with Crippen molar-refractivity contribution in [1.82, 2.24) is 14.8 Å². The van der Waals surface area contributed by atoms with E-state index in [0.717, 1.165) is 32.7 Å². The number of nitrogens with two attached hydrogens (primary N) is 1. The number of hydrogen-bond donors (Lipinski definition) is 1. The van der Waals surface area contributed by atoms with Crippen LogP contribution in [0, 0.1) is 5.92 Å². The van der Waals surface area contributed by atoms with E-state index in [9.17, 15) is 0 Å². The molecular weight excluding hydrogens is 372 g/mol. The first-order valence-electron chi connectivity index (χ1n) is 6.10. The second kappa shape index (κ2) is 6.15. The third kappa shape index (κ3) is 3.24. The van der Waals surface area contributed by atoms with Gasteiger partial charge in [-0.05, 0) is 40.0 Å². The Morgan fingerprint density at radius 1 is 1.26 bits per heavy atom. The van der Waals surface area contributed by atoms with Crippen molar-refractivity contribution in [2.24, 2.45) is 11.7 Å². The summed E-state index contributed by atoms with van der Waals surface area (Å²) in [5.74, 6) is 2.18. The van der Waals surface area contributed by atoms with E-state index in [2.05, 4.69) is 60.5 Å². The molecule has 6 heteroatoms. The lowest BCUT2D eigenvalue weighted by Gasteiger charge is -2.13. The summed E-state index contributed by atoms with van der Waals surface area (Å²) < 4.78 is 4.11. The summed E-state index contributed by atoms with van der Waals surface area (Å²) in [6, 6.07) is 6.03. The van der Waals surface area contributed by atoms with Crippen molar-refractivity contribution < 1.29 is 0 Å². The van der Waals surface area contributed by atoms with Gasteiger partial charge in [0.05, 0.1) is 6.54 Å². The van der Waals surface area contributed by atoms with Gasteiger partial charge in [0.15, 0.2) is 5.82 Å². The topological polar surface area (TPSA) is 56.7 Å². The highest BCUT2D eigenvalue weighted by Crippen LogP contribution is 2.30. The molecular formula is C13H16Br2N4. The highest BCUT2D eigenvalue weighted by molar-refractivity contribution is 9.11. The van der Waals surface area contributed by atoms with Gasteiger partial charge < -0.3 is 10.3 Å². The van der Waals surface area contributed by atoms with E-state index >= 15 is 0 Å². The molecule has 0 amide bonds. The molecule has 1 aromatic heterocycles. The second-order valence-electron chi connectivity index (χ2n) is 4.77. The van der Waals surface area contributed by atoms with E-state index in [1.165, 1.54) is 0 Å². The smallest absolute Gasteiger partial charge is 0.165 e. The number of benzene rings is 1. The molecule has 1 heterocycles. The Hall–Kier alpha value is -0.720. The number of rotatable bonds is 4. The van der Waals surface area contributed by atoms with Crippen LogP contribution in [0.15, 0.2) is 27.1 Å². The number of halogens is 2. The maximum Gasteiger partial charge on any atom is 0.165 e. The van der Waals surface area contributed by atoms with Crippen LogP contribution in [0.1, 0.15) is 19.7 Å².